The third-order valence-electron chi connectivity index (χ3n) is 9.51. The van der Waals surface area contributed by atoms with Crippen molar-refractivity contribution in [3.8, 4) is 23.0 Å². The maximum atomic E-state index is 12.8. The number of rotatable bonds is 22. The van der Waals surface area contributed by atoms with E-state index in [1.165, 1.54) is 97.1 Å². The molecule has 2 N–H and O–H groups in total. The van der Waals surface area contributed by atoms with Crippen molar-refractivity contribution in [3.63, 3.8) is 0 Å². The number of alkyl halides is 6. The number of nitrogen functional groups attached to an aromatic ring is 1. The highest BCUT2D eigenvalue weighted by Crippen LogP contribution is 2.29. The number of nitro groups is 1. The Labute approximate surface area is 390 Å². The Balaban J connectivity index is 1.10. The van der Waals surface area contributed by atoms with Crippen LogP contribution in [0.25, 0.3) is 12.2 Å². The summed E-state index contributed by atoms with van der Waals surface area (Å²) in [6, 6.07) is 27.2. The third kappa shape index (κ3) is 18.2. The average Bonchev–Trinajstić information content (AvgIpc) is 3.31. The molecule has 0 atom stereocenters. The predicted octanol–water partition coefficient (Wildman–Crippen LogP) is 10.7. The average molecular weight is 965 g/mol. The van der Waals surface area contributed by atoms with Crippen molar-refractivity contribution in [2.45, 2.75) is 44.0 Å². The number of halogens is 6. The Bertz CT molecular complexity index is 2450. The first kappa shape index (κ1) is 51.8. The molecule has 0 fully saturated rings. The van der Waals surface area contributed by atoms with Crippen LogP contribution in [-0.4, -0.2) is 67.6 Å². The Kier molecular flexibility index (Phi) is 18.4. The fourth-order valence-electron chi connectivity index (χ4n) is 5.99. The Hall–Kier alpha value is -8.16. The normalized spacial score (nSPS) is 11.6. The van der Waals surface area contributed by atoms with Gasteiger partial charge in [0.2, 0.25) is 0 Å². The minimum absolute atomic E-state index is 0.0114. The van der Waals surface area contributed by atoms with Crippen LogP contribution in [0.5, 0.6) is 23.0 Å². The van der Waals surface area contributed by atoms with Crippen LogP contribution >= 0.6 is 0 Å². The lowest BCUT2D eigenvalue weighted by Crippen LogP contribution is -2.19. The monoisotopic (exact) mass is 964 g/mol. The van der Waals surface area contributed by atoms with Crippen LogP contribution in [0, 0.1) is 10.1 Å². The van der Waals surface area contributed by atoms with Gasteiger partial charge in [-0.2, -0.15) is 26.3 Å². The van der Waals surface area contributed by atoms with Crippen molar-refractivity contribution >= 4 is 47.4 Å². The number of hydrogen-bond acceptors (Lipinski definition) is 13. The number of hydrogen-bond donors (Lipinski definition) is 1. The molecule has 69 heavy (non-hydrogen) atoms. The molecule has 0 saturated heterocycles. The number of nitro benzene ring substituents is 1. The molecule has 0 aliphatic heterocycles. The summed E-state index contributed by atoms with van der Waals surface area (Å²) in [5.41, 5.74) is 7.49. The molecule has 5 rings (SSSR count). The minimum Gasteiger partial charge on any atom is -0.494 e. The minimum atomic E-state index is -4.28. The largest absolute Gasteiger partial charge is 0.494 e. The summed E-state index contributed by atoms with van der Waals surface area (Å²) in [4.78, 5) is 61.5. The molecule has 0 aliphatic rings. The van der Waals surface area contributed by atoms with E-state index < -0.39 is 59.9 Å². The maximum absolute atomic E-state index is 12.8. The number of non-ortho nitro benzene ring substituents is 1. The molecule has 0 bridgehead atoms. The van der Waals surface area contributed by atoms with Crippen molar-refractivity contribution in [1.29, 1.82) is 0 Å². The Morgan fingerprint density at radius 1 is 0.580 bits per heavy atom. The number of ether oxygens (including phenoxy) is 6. The van der Waals surface area contributed by atoms with Gasteiger partial charge in [0.25, 0.3) is 5.69 Å². The Morgan fingerprint density at radius 2 is 0.971 bits per heavy atom. The number of carbonyl (C=O) groups is 4. The molecule has 14 nitrogen and oxygen atoms in total. The van der Waals surface area contributed by atoms with E-state index >= 15 is 0 Å². The second-order valence-electron chi connectivity index (χ2n) is 14.8. The molecule has 0 saturated carbocycles. The molecule has 0 amide bonds. The second kappa shape index (κ2) is 24.6. The van der Waals surface area contributed by atoms with Crippen molar-refractivity contribution < 1.29 is 78.9 Å². The highest BCUT2D eigenvalue weighted by molar-refractivity contribution is 5.92. The predicted molar refractivity (Wildman–Crippen MR) is 237 cm³/mol. The van der Waals surface area contributed by atoms with E-state index in [-0.39, 0.29) is 84.8 Å². The number of nitrogens with two attached hydrogens (primary N) is 1. The zero-order valence-electron chi connectivity index (χ0n) is 36.2. The number of carbonyl (C=O) groups excluding carboxylic acids is 4. The van der Waals surface area contributed by atoms with E-state index in [0.717, 1.165) is 18.2 Å². The molecule has 0 aliphatic carbocycles. The molecular weight excluding hydrogens is 923 g/mol. The summed E-state index contributed by atoms with van der Waals surface area (Å²) in [5.74, 6) is -2.93. The number of esters is 4. The van der Waals surface area contributed by atoms with Crippen molar-refractivity contribution in [3.05, 3.63) is 165 Å². The lowest BCUT2D eigenvalue weighted by molar-refractivity contribution is -0.384. The molecule has 20 heteroatoms. The van der Waals surface area contributed by atoms with Crippen LogP contribution in [0.4, 0.5) is 37.7 Å². The van der Waals surface area contributed by atoms with Crippen LogP contribution in [0.1, 0.15) is 69.0 Å². The van der Waals surface area contributed by atoms with E-state index in [9.17, 15) is 55.6 Å². The molecular formula is C49H42F6N2O12. The van der Waals surface area contributed by atoms with Gasteiger partial charge in [-0.05, 0) is 121 Å². The third-order valence-corrected chi connectivity index (χ3v) is 9.51. The van der Waals surface area contributed by atoms with Gasteiger partial charge >= 0.3 is 36.2 Å². The van der Waals surface area contributed by atoms with E-state index in [1.807, 2.05) is 0 Å². The molecule has 0 heterocycles. The number of anilines is 1. The van der Waals surface area contributed by atoms with Gasteiger partial charge in [-0.1, -0.05) is 24.3 Å². The number of benzene rings is 5. The summed E-state index contributed by atoms with van der Waals surface area (Å²) >= 11 is 0. The first-order chi connectivity index (χ1) is 32.8. The lowest BCUT2D eigenvalue weighted by Gasteiger charge is -2.18. The molecule has 0 unspecified atom stereocenters. The second-order valence-corrected chi connectivity index (χ2v) is 14.8. The van der Waals surface area contributed by atoms with Crippen molar-refractivity contribution in [2.75, 3.05) is 32.2 Å². The quantitative estimate of drug-likeness (QED) is 0.0101. The van der Waals surface area contributed by atoms with Crippen LogP contribution in [-0.2, 0) is 19.1 Å². The van der Waals surface area contributed by atoms with Crippen LogP contribution in [0.2, 0.25) is 0 Å². The molecule has 5 aromatic rings. The first-order valence-corrected chi connectivity index (χ1v) is 20.8. The van der Waals surface area contributed by atoms with Crippen molar-refractivity contribution in [1.82, 2.24) is 0 Å². The Morgan fingerprint density at radius 3 is 1.33 bits per heavy atom. The highest BCUT2D eigenvalue weighted by atomic mass is 19.4. The van der Waals surface area contributed by atoms with Gasteiger partial charge in [0.05, 0.1) is 35.2 Å². The smallest absolute Gasteiger partial charge is 0.389 e. The van der Waals surface area contributed by atoms with Crippen LogP contribution < -0.4 is 24.7 Å². The summed E-state index contributed by atoms with van der Waals surface area (Å²) < 4.78 is 106. The maximum Gasteiger partial charge on any atom is 0.389 e. The van der Waals surface area contributed by atoms with E-state index in [4.69, 9.17) is 34.2 Å². The van der Waals surface area contributed by atoms with Crippen LogP contribution in [0.15, 0.2) is 127 Å². The van der Waals surface area contributed by atoms with Gasteiger partial charge in [-0.15, -0.1) is 0 Å². The zero-order valence-corrected chi connectivity index (χ0v) is 36.2. The van der Waals surface area contributed by atoms with Gasteiger partial charge in [0.1, 0.15) is 36.2 Å². The molecule has 0 radical (unpaired) electrons. The molecule has 362 valence electrons. The highest BCUT2D eigenvalue weighted by Gasteiger charge is 2.27. The van der Waals surface area contributed by atoms with Gasteiger partial charge in [-0.25, -0.2) is 19.2 Å². The van der Waals surface area contributed by atoms with Gasteiger partial charge in [0, 0.05) is 42.8 Å². The van der Waals surface area contributed by atoms with Gasteiger partial charge in [0.15, 0.2) is 0 Å². The van der Waals surface area contributed by atoms with Crippen LogP contribution in [0.3, 0.4) is 0 Å². The molecule has 5 aromatic carbocycles. The summed E-state index contributed by atoms with van der Waals surface area (Å²) in [7, 11) is 0. The summed E-state index contributed by atoms with van der Waals surface area (Å²) in [6.45, 7) is -1.00. The first-order valence-electron chi connectivity index (χ1n) is 20.8. The standard InChI is InChI=1S/C49H42F6N2O12/c50-48(51,52)25-1-27-64-38-18-9-34(10-19-38)46(60)68-40-14-3-32(4-15-40)7-23-44(58)66-30-36(42-22-13-37(57(62)63)29-43(42)56)31-67-45(59)24-8-33-5-16-41(17-6-33)69-47(61)35-11-20-39(21-12-35)65-28-2-26-49(53,54)55/h3-24,29,36H,1-2,25-28,30-31,56H2/b23-7+,24-8+. The SMILES string of the molecule is Nc1cc([N+](=O)[O-])ccc1C(COC(=O)/C=C/c1ccc(OC(=O)c2ccc(OCCCC(F)(F)F)cc2)cc1)COC(=O)/C=C/c1ccc(OC(=O)c2ccc(OCCCC(F)(F)F)cc2)cc1. The lowest BCUT2D eigenvalue weighted by atomic mass is 9.98. The molecule has 0 spiro atoms. The number of nitrogens with zero attached hydrogens (tertiary/aromatic N) is 1. The fourth-order valence-corrected chi connectivity index (χ4v) is 5.99. The van der Waals surface area contributed by atoms with E-state index in [0.29, 0.717) is 16.7 Å². The molecule has 0 aromatic heterocycles. The summed E-state index contributed by atoms with van der Waals surface area (Å²) in [5, 5.41) is 11.3. The zero-order chi connectivity index (χ0) is 50.0. The van der Waals surface area contributed by atoms with E-state index in [2.05, 4.69) is 0 Å². The topological polar surface area (TPSA) is 193 Å². The fraction of sp³-hybridized carbons (Fsp3) is 0.224. The van der Waals surface area contributed by atoms with Gasteiger partial charge in [-0.3, -0.25) is 10.1 Å². The van der Waals surface area contributed by atoms with Crippen molar-refractivity contribution in [2.24, 2.45) is 0 Å². The summed E-state index contributed by atoms with van der Waals surface area (Å²) in [6.07, 6.45) is -5.83. The van der Waals surface area contributed by atoms with E-state index in [1.54, 1.807) is 24.3 Å². The van der Waals surface area contributed by atoms with Gasteiger partial charge < -0.3 is 34.2 Å².